The van der Waals surface area contributed by atoms with Crippen LogP contribution in [0, 0.1) is 0 Å². The van der Waals surface area contributed by atoms with Crippen LogP contribution < -0.4 is 0 Å². The van der Waals surface area contributed by atoms with E-state index in [-0.39, 0.29) is 6.10 Å². The first-order valence-corrected chi connectivity index (χ1v) is 11.4. The number of fused-ring (bicyclic) bond motifs is 1. The molecule has 2 atom stereocenters. The van der Waals surface area contributed by atoms with E-state index in [4.69, 9.17) is 4.74 Å². The predicted octanol–water partition coefficient (Wildman–Crippen LogP) is 4.39. The van der Waals surface area contributed by atoms with Crippen LogP contribution in [0.2, 0.25) is 0 Å². The highest BCUT2D eigenvalue weighted by Crippen LogP contribution is 2.35. The minimum atomic E-state index is -3.47. The summed E-state index contributed by atoms with van der Waals surface area (Å²) in [6, 6.07) is 14.7. The molecule has 1 fully saturated rings. The fourth-order valence-electron chi connectivity index (χ4n) is 4.17. The number of aromatic amines is 1. The number of likely N-dealkylation sites (N-methyl/N-ethyl adjacent to an activating group) is 1. The van der Waals surface area contributed by atoms with Gasteiger partial charge in [0.1, 0.15) is 0 Å². The van der Waals surface area contributed by atoms with Gasteiger partial charge in [0.15, 0.2) is 9.84 Å². The maximum Gasteiger partial charge on any atom is 0.199 e. The van der Waals surface area contributed by atoms with E-state index in [9.17, 15) is 8.42 Å². The van der Waals surface area contributed by atoms with Gasteiger partial charge in [0, 0.05) is 41.2 Å². The fraction of sp³-hybridized carbons (Fsp3) is 0.304. The van der Waals surface area contributed by atoms with Crippen LogP contribution in [-0.2, 0) is 14.6 Å². The summed E-state index contributed by atoms with van der Waals surface area (Å²) in [5.41, 5.74) is 2.97. The van der Waals surface area contributed by atoms with Crippen molar-refractivity contribution in [3.8, 4) is 0 Å². The average Bonchev–Trinajstić information content (AvgIpc) is 3.35. The van der Waals surface area contributed by atoms with Crippen LogP contribution in [0.25, 0.3) is 17.0 Å². The quantitative estimate of drug-likeness (QED) is 0.654. The first-order valence-electron chi connectivity index (χ1n) is 9.82. The molecule has 2 aromatic carbocycles. The Morgan fingerprint density at radius 2 is 2.00 bits per heavy atom. The summed E-state index contributed by atoms with van der Waals surface area (Å²) >= 11 is 0. The average molecular weight is 411 g/mol. The monoisotopic (exact) mass is 410 g/mol. The van der Waals surface area contributed by atoms with E-state index in [2.05, 4.69) is 16.9 Å². The third-order valence-corrected chi connectivity index (χ3v) is 7.16. The summed E-state index contributed by atoms with van der Waals surface area (Å²) in [6.07, 6.45) is 5.93. The number of methoxy groups -OCH3 is 1. The molecule has 0 amide bonds. The van der Waals surface area contributed by atoms with Crippen molar-refractivity contribution >= 4 is 26.8 Å². The largest absolute Gasteiger partial charge is 0.375 e. The second kappa shape index (κ2) is 8.14. The van der Waals surface area contributed by atoms with Gasteiger partial charge in [-0.3, -0.25) is 0 Å². The Bertz CT molecular complexity index is 1120. The van der Waals surface area contributed by atoms with E-state index in [0.29, 0.717) is 10.9 Å². The van der Waals surface area contributed by atoms with Crippen molar-refractivity contribution in [2.45, 2.75) is 29.9 Å². The number of ether oxygens (including phenoxy) is 1. The second-order valence-corrected chi connectivity index (χ2v) is 9.39. The molecule has 2 heterocycles. The van der Waals surface area contributed by atoms with E-state index in [1.807, 2.05) is 24.4 Å². The lowest BCUT2D eigenvalue weighted by Gasteiger charge is -2.27. The molecule has 5 nitrogen and oxygen atoms in total. The molecule has 1 aliphatic heterocycles. The zero-order valence-corrected chi connectivity index (χ0v) is 17.5. The molecule has 0 aliphatic carbocycles. The first-order chi connectivity index (χ1) is 14.0. The van der Waals surface area contributed by atoms with Gasteiger partial charge >= 0.3 is 0 Å². The van der Waals surface area contributed by atoms with Gasteiger partial charge in [0.05, 0.1) is 11.0 Å². The summed E-state index contributed by atoms with van der Waals surface area (Å²) in [7, 11) is 0.426. The molecule has 29 heavy (non-hydrogen) atoms. The summed E-state index contributed by atoms with van der Waals surface area (Å²) in [6.45, 7) is 1.08. The molecule has 2 unspecified atom stereocenters. The Kier molecular flexibility index (Phi) is 5.58. The molecule has 152 valence electrons. The van der Waals surface area contributed by atoms with E-state index >= 15 is 0 Å². The number of likely N-dealkylation sites (tertiary alicyclic amines) is 1. The van der Waals surface area contributed by atoms with Crippen molar-refractivity contribution in [3.63, 3.8) is 0 Å². The summed E-state index contributed by atoms with van der Waals surface area (Å²) in [5, 5.41) is 2.34. The molecule has 1 aliphatic rings. The molecule has 4 rings (SSSR count). The maximum absolute atomic E-state index is 12.5. The van der Waals surface area contributed by atoms with Crippen LogP contribution in [-0.4, -0.2) is 45.0 Å². The highest BCUT2D eigenvalue weighted by Gasteiger charge is 2.31. The summed E-state index contributed by atoms with van der Waals surface area (Å²) in [4.78, 5) is 5.97. The van der Waals surface area contributed by atoms with Crippen molar-refractivity contribution in [1.29, 1.82) is 0 Å². The molecule has 1 saturated heterocycles. The molecule has 0 radical (unpaired) electrons. The van der Waals surface area contributed by atoms with Gasteiger partial charge in [-0.2, -0.15) is 0 Å². The molecule has 1 aromatic heterocycles. The number of aromatic nitrogens is 1. The SMILES string of the molecule is COC(c1c[nH]c2ccc(/C=C/S(=O)(=O)c3ccccc3)cc12)C1CCCN1C. The number of H-pyrrole nitrogens is 1. The van der Waals surface area contributed by atoms with Crippen LogP contribution in [0.3, 0.4) is 0 Å². The van der Waals surface area contributed by atoms with Gasteiger partial charge in [0.25, 0.3) is 0 Å². The van der Waals surface area contributed by atoms with Crippen molar-refractivity contribution in [2.75, 3.05) is 20.7 Å². The second-order valence-electron chi connectivity index (χ2n) is 7.56. The standard InChI is InChI=1S/C23H26N2O3S/c1-25-13-6-9-22(25)23(28-2)20-16-24-21-11-10-17(15-19(20)21)12-14-29(26,27)18-7-4-3-5-8-18/h3-5,7-8,10-12,14-16,22-24H,6,9,13H2,1-2H3/b14-12+. The number of benzene rings is 2. The van der Waals surface area contributed by atoms with Gasteiger partial charge in [-0.05, 0) is 62.3 Å². The zero-order valence-electron chi connectivity index (χ0n) is 16.7. The molecular formula is C23H26N2O3S. The summed E-state index contributed by atoms with van der Waals surface area (Å²) in [5.74, 6) is 0. The Hall–Kier alpha value is -2.41. The van der Waals surface area contributed by atoms with E-state index in [0.717, 1.165) is 35.0 Å². The van der Waals surface area contributed by atoms with Crippen molar-refractivity contribution in [2.24, 2.45) is 0 Å². The molecule has 3 aromatic rings. The molecule has 6 heteroatoms. The Morgan fingerprint density at radius 3 is 2.69 bits per heavy atom. The molecule has 0 spiro atoms. The van der Waals surface area contributed by atoms with Crippen LogP contribution in [0.15, 0.2) is 65.0 Å². The maximum atomic E-state index is 12.5. The van der Waals surface area contributed by atoms with Crippen LogP contribution in [0.5, 0.6) is 0 Å². The number of nitrogens with zero attached hydrogens (tertiary/aromatic N) is 1. The lowest BCUT2D eigenvalue weighted by molar-refractivity contribution is 0.0395. The zero-order chi connectivity index (χ0) is 20.4. The minimum absolute atomic E-state index is 0.0245. The highest BCUT2D eigenvalue weighted by atomic mass is 32.2. The molecular weight excluding hydrogens is 384 g/mol. The minimum Gasteiger partial charge on any atom is -0.375 e. The topological polar surface area (TPSA) is 62.4 Å². The van der Waals surface area contributed by atoms with Gasteiger partial charge in [-0.15, -0.1) is 0 Å². The number of hydrogen-bond donors (Lipinski definition) is 1. The molecule has 0 saturated carbocycles. The van der Waals surface area contributed by atoms with E-state index in [1.54, 1.807) is 43.5 Å². The third-order valence-electron chi connectivity index (χ3n) is 5.74. The lowest BCUT2D eigenvalue weighted by Crippen LogP contribution is -2.32. The number of nitrogens with one attached hydrogen (secondary N) is 1. The molecule has 1 N–H and O–H groups in total. The van der Waals surface area contributed by atoms with Crippen molar-refractivity contribution < 1.29 is 13.2 Å². The van der Waals surface area contributed by atoms with Gasteiger partial charge < -0.3 is 14.6 Å². The van der Waals surface area contributed by atoms with Crippen LogP contribution >= 0.6 is 0 Å². The Morgan fingerprint density at radius 1 is 1.21 bits per heavy atom. The number of rotatable bonds is 6. The predicted molar refractivity (Wildman–Crippen MR) is 116 cm³/mol. The van der Waals surface area contributed by atoms with E-state index < -0.39 is 9.84 Å². The Balaban J connectivity index is 1.67. The van der Waals surface area contributed by atoms with Gasteiger partial charge in [-0.25, -0.2) is 8.42 Å². The smallest absolute Gasteiger partial charge is 0.199 e. The summed E-state index contributed by atoms with van der Waals surface area (Å²) < 4.78 is 31.0. The van der Waals surface area contributed by atoms with Crippen LogP contribution in [0.4, 0.5) is 0 Å². The third kappa shape index (κ3) is 4.01. The number of sulfone groups is 1. The van der Waals surface area contributed by atoms with E-state index in [1.165, 1.54) is 11.8 Å². The lowest BCUT2D eigenvalue weighted by atomic mass is 9.98. The van der Waals surface area contributed by atoms with Gasteiger partial charge in [-0.1, -0.05) is 24.3 Å². The van der Waals surface area contributed by atoms with Crippen molar-refractivity contribution in [3.05, 3.63) is 71.3 Å². The first kappa shape index (κ1) is 19.9. The van der Waals surface area contributed by atoms with Crippen LogP contribution in [0.1, 0.15) is 30.1 Å². The fourth-order valence-corrected chi connectivity index (χ4v) is 5.20. The molecule has 0 bridgehead atoms. The van der Waals surface area contributed by atoms with Gasteiger partial charge in [0.2, 0.25) is 0 Å². The number of hydrogen-bond acceptors (Lipinski definition) is 4. The highest BCUT2D eigenvalue weighted by molar-refractivity contribution is 7.94. The normalized spacial score (nSPS) is 19.3. The van der Waals surface area contributed by atoms with Crippen molar-refractivity contribution in [1.82, 2.24) is 9.88 Å². The Labute approximate surface area is 171 Å².